The molecular weight excluding hydrogens is 341 g/mol. The van der Waals surface area contributed by atoms with E-state index in [9.17, 15) is 18.0 Å². The monoisotopic (exact) mass is 356 g/mol. The van der Waals surface area contributed by atoms with E-state index in [0.29, 0.717) is 16.3 Å². The Hall–Kier alpha value is -2.05. The maximum Gasteiger partial charge on any atom is 0.416 e. The minimum atomic E-state index is -4.38. The molecule has 0 heterocycles. The summed E-state index contributed by atoms with van der Waals surface area (Å²) >= 11 is 5.77. The maximum absolute atomic E-state index is 12.7. The van der Waals surface area contributed by atoms with Crippen LogP contribution in [0, 0.1) is 0 Å². The van der Waals surface area contributed by atoms with Crippen LogP contribution in [0.4, 0.5) is 18.9 Å². The summed E-state index contributed by atoms with van der Waals surface area (Å²) in [5, 5.41) is 6.16. The molecule has 0 aliphatic rings. The lowest BCUT2D eigenvalue weighted by Crippen LogP contribution is -2.37. The third kappa shape index (κ3) is 5.25. The van der Waals surface area contributed by atoms with Crippen molar-refractivity contribution in [2.45, 2.75) is 25.7 Å². The highest BCUT2D eigenvalue weighted by Crippen LogP contribution is 2.29. The first-order chi connectivity index (χ1) is 11.3. The highest BCUT2D eigenvalue weighted by molar-refractivity contribution is 6.30. The van der Waals surface area contributed by atoms with Crippen molar-refractivity contribution in [1.82, 2.24) is 5.32 Å². The highest BCUT2D eigenvalue weighted by atomic mass is 35.5. The molecule has 0 spiro atoms. The minimum absolute atomic E-state index is 0.152. The van der Waals surface area contributed by atoms with Crippen LogP contribution in [0.2, 0.25) is 5.02 Å². The van der Waals surface area contributed by atoms with Gasteiger partial charge >= 0.3 is 6.18 Å². The van der Waals surface area contributed by atoms with Crippen LogP contribution in [-0.2, 0) is 17.5 Å². The largest absolute Gasteiger partial charge is 0.416 e. The number of carbonyl (C=O) groups excluding carboxylic acids is 1. The normalized spacial score (nSPS) is 12.7. The topological polar surface area (TPSA) is 41.1 Å². The summed E-state index contributed by atoms with van der Waals surface area (Å²) < 4.78 is 38.0. The van der Waals surface area contributed by atoms with Gasteiger partial charge in [-0.15, -0.1) is 0 Å². The standard InChI is InChI=1S/C17H16ClF3N2O/c1-11(16(24)23-15-7-5-14(18)6-8-15)22-10-12-3-2-4-13(9-12)17(19,20)21/h2-9,11,22H,10H2,1H3,(H,23,24)/t11-/m0/s1. The van der Waals surface area contributed by atoms with Crippen LogP contribution < -0.4 is 10.6 Å². The van der Waals surface area contributed by atoms with Crippen LogP contribution in [0.25, 0.3) is 0 Å². The molecule has 1 amide bonds. The molecular formula is C17H16ClF3N2O. The molecule has 2 aromatic carbocycles. The quantitative estimate of drug-likeness (QED) is 0.829. The summed E-state index contributed by atoms with van der Waals surface area (Å²) in [4.78, 5) is 12.1. The van der Waals surface area contributed by atoms with Crippen LogP contribution in [0.3, 0.4) is 0 Å². The first-order valence-electron chi connectivity index (χ1n) is 7.21. The molecule has 0 aliphatic carbocycles. The van der Waals surface area contributed by atoms with Gasteiger partial charge in [0.2, 0.25) is 5.91 Å². The van der Waals surface area contributed by atoms with E-state index >= 15 is 0 Å². The summed E-state index contributed by atoms with van der Waals surface area (Å²) in [6.07, 6.45) is -4.38. The van der Waals surface area contributed by atoms with Crippen LogP contribution in [0.1, 0.15) is 18.1 Å². The van der Waals surface area contributed by atoms with Gasteiger partial charge in [0.15, 0.2) is 0 Å². The van der Waals surface area contributed by atoms with E-state index in [1.165, 1.54) is 6.07 Å². The third-order valence-corrected chi connectivity index (χ3v) is 3.62. The SMILES string of the molecule is C[C@H](NCc1cccc(C(F)(F)F)c1)C(=O)Nc1ccc(Cl)cc1. The number of alkyl halides is 3. The molecule has 0 radical (unpaired) electrons. The number of nitrogens with one attached hydrogen (secondary N) is 2. The van der Waals surface area contributed by atoms with Gasteiger partial charge in [-0.1, -0.05) is 29.8 Å². The third-order valence-electron chi connectivity index (χ3n) is 3.37. The molecule has 128 valence electrons. The fourth-order valence-electron chi connectivity index (χ4n) is 2.00. The van der Waals surface area contributed by atoms with Gasteiger partial charge in [0.1, 0.15) is 0 Å². The molecule has 1 atom stereocenters. The smallest absolute Gasteiger partial charge is 0.325 e. The van der Waals surface area contributed by atoms with Crippen LogP contribution >= 0.6 is 11.6 Å². The lowest BCUT2D eigenvalue weighted by Gasteiger charge is -2.15. The van der Waals surface area contributed by atoms with Crippen molar-refractivity contribution < 1.29 is 18.0 Å². The van der Waals surface area contributed by atoms with Crippen LogP contribution in [0.15, 0.2) is 48.5 Å². The Balaban J connectivity index is 1.91. The van der Waals surface area contributed by atoms with Crippen molar-refractivity contribution in [2.24, 2.45) is 0 Å². The minimum Gasteiger partial charge on any atom is -0.325 e. The van der Waals surface area contributed by atoms with E-state index < -0.39 is 17.8 Å². The molecule has 0 bridgehead atoms. The van der Waals surface area contributed by atoms with Crippen molar-refractivity contribution >= 4 is 23.2 Å². The van der Waals surface area contributed by atoms with Gasteiger partial charge in [-0.05, 0) is 42.8 Å². The highest BCUT2D eigenvalue weighted by Gasteiger charge is 2.30. The zero-order valence-corrected chi connectivity index (χ0v) is 13.6. The molecule has 0 saturated heterocycles. The molecule has 24 heavy (non-hydrogen) atoms. The lowest BCUT2D eigenvalue weighted by molar-refractivity contribution is -0.137. The second-order valence-corrected chi connectivity index (χ2v) is 5.73. The Morgan fingerprint density at radius 2 is 1.83 bits per heavy atom. The summed E-state index contributed by atoms with van der Waals surface area (Å²) in [6, 6.07) is 11.1. The first kappa shape index (κ1) is 18.3. The van der Waals surface area contributed by atoms with Crippen LogP contribution in [-0.4, -0.2) is 11.9 Å². The van der Waals surface area contributed by atoms with Gasteiger partial charge in [0.25, 0.3) is 0 Å². The van der Waals surface area contributed by atoms with E-state index in [1.54, 1.807) is 37.3 Å². The number of rotatable bonds is 5. The number of hydrogen-bond donors (Lipinski definition) is 2. The van der Waals surface area contributed by atoms with E-state index in [1.807, 2.05) is 0 Å². The van der Waals surface area contributed by atoms with Gasteiger partial charge in [0, 0.05) is 17.3 Å². The Bertz CT molecular complexity index is 702. The van der Waals surface area contributed by atoms with Gasteiger partial charge in [0.05, 0.1) is 11.6 Å². The predicted molar refractivity (Wildman–Crippen MR) is 87.8 cm³/mol. The first-order valence-corrected chi connectivity index (χ1v) is 7.59. The average molecular weight is 357 g/mol. The molecule has 2 rings (SSSR count). The number of carbonyl (C=O) groups is 1. The number of hydrogen-bond acceptors (Lipinski definition) is 2. The summed E-state index contributed by atoms with van der Waals surface area (Å²) in [5.74, 6) is -0.288. The van der Waals surface area contributed by atoms with Crippen molar-refractivity contribution in [3.63, 3.8) is 0 Å². The van der Waals surface area contributed by atoms with Gasteiger partial charge in [-0.2, -0.15) is 13.2 Å². The van der Waals surface area contributed by atoms with E-state index in [4.69, 9.17) is 11.6 Å². The fourth-order valence-corrected chi connectivity index (χ4v) is 2.13. The van der Waals surface area contributed by atoms with E-state index in [2.05, 4.69) is 10.6 Å². The molecule has 0 unspecified atom stereocenters. The van der Waals surface area contributed by atoms with Gasteiger partial charge < -0.3 is 10.6 Å². The summed E-state index contributed by atoms with van der Waals surface area (Å²) in [6.45, 7) is 1.79. The Morgan fingerprint density at radius 1 is 1.17 bits per heavy atom. The number of benzene rings is 2. The summed E-state index contributed by atoms with van der Waals surface area (Å²) in [5.41, 5.74) is 0.341. The predicted octanol–water partition coefficient (Wildman–Crippen LogP) is 4.48. The van der Waals surface area contributed by atoms with Crippen molar-refractivity contribution in [3.8, 4) is 0 Å². The van der Waals surface area contributed by atoms with Gasteiger partial charge in [-0.3, -0.25) is 4.79 Å². The fraction of sp³-hybridized carbons (Fsp3) is 0.235. The number of anilines is 1. The van der Waals surface area contributed by atoms with Crippen molar-refractivity contribution in [1.29, 1.82) is 0 Å². The molecule has 7 heteroatoms. The van der Waals surface area contributed by atoms with Gasteiger partial charge in [-0.25, -0.2) is 0 Å². The molecule has 0 aliphatic heterocycles. The number of amides is 1. The molecule has 0 fully saturated rings. The molecule has 2 aromatic rings. The van der Waals surface area contributed by atoms with E-state index in [0.717, 1.165) is 12.1 Å². The average Bonchev–Trinajstić information content (AvgIpc) is 2.54. The second kappa shape index (κ2) is 7.68. The molecule has 0 saturated carbocycles. The zero-order valence-electron chi connectivity index (χ0n) is 12.8. The number of halogens is 4. The molecule has 3 nitrogen and oxygen atoms in total. The Kier molecular flexibility index (Phi) is 5.85. The Labute approximate surface area is 142 Å². The Morgan fingerprint density at radius 3 is 2.46 bits per heavy atom. The lowest BCUT2D eigenvalue weighted by atomic mass is 10.1. The summed E-state index contributed by atoms with van der Waals surface area (Å²) in [7, 11) is 0. The van der Waals surface area contributed by atoms with Crippen LogP contribution in [0.5, 0.6) is 0 Å². The van der Waals surface area contributed by atoms with Crippen molar-refractivity contribution in [2.75, 3.05) is 5.32 Å². The van der Waals surface area contributed by atoms with Crippen molar-refractivity contribution in [3.05, 3.63) is 64.7 Å². The zero-order chi connectivity index (χ0) is 17.7. The molecule has 0 aromatic heterocycles. The maximum atomic E-state index is 12.7. The molecule has 2 N–H and O–H groups in total. The second-order valence-electron chi connectivity index (χ2n) is 5.30. The van der Waals surface area contributed by atoms with E-state index in [-0.39, 0.29) is 12.5 Å².